The molecule has 0 bridgehead atoms. The van der Waals surface area contributed by atoms with Gasteiger partial charge >= 0.3 is 5.97 Å². The second kappa shape index (κ2) is 7.71. The number of carbonyl (C=O) groups is 2. The maximum Gasteiger partial charge on any atom is 0.355 e. The van der Waals surface area contributed by atoms with Crippen LogP contribution in [-0.2, 0) is 26.6 Å². The fourth-order valence-corrected chi connectivity index (χ4v) is 3.08. The Morgan fingerprint density at radius 2 is 1.88 bits per heavy atom. The van der Waals surface area contributed by atoms with Crippen molar-refractivity contribution in [2.24, 2.45) is 7.05 Å². The van der Waals surface area contributed by atoms with Gasteiger partial charge in [0.2, 0.25) is 10.0 Å². The molecule has 0 spiro atoms. The van der Waals surface area contributed by atoms with Gasteiger partial charge < -0.3 is 14.6 Å². The molecule has 0 aliphatic rings. The summed E-state index contributed by atoms with van der Waals surface area (Å²) in [5.74, 6) is -1.18. The highest BCUT2D eigenvalue weighted by Crippen LogP contribution is 2.18. The quantitative estimate of drug-likeness (QED) is 0.767. The number of esters is 1. The molecule has 1 aromatic heterocycles. The Morgan fingerprint density at radius 1 is 1.19 bits per heavy atom. The third kappa shape index (κ3) is 4.30. The minimum atomic E-state index is -3.61. The first-order chi connectivity index (χ1) is 12.1. The van der Waals surface area contributed by atoms with Crippen LogP contribution in [0.3, 0.4) is 0 Å². The average molecular weight is 379 g/mol. The lowest BCUT2D eigenvalue weighted by atomic mass is 10.3. The van der Waals surface area contributed by atoms with Crippen LogP contribution in [0.2, 0.25) is 0 Å². The van der Waals surface area contributed by atoms with Gasteiger partial charge in [-0.15, -0.1) is 0 Å². The van der Waals surface area contributed by atoms with E-state index >= 15 is 0 Å². The third-order valence-corrected chi connectivity index (χ3v) is 5.50. The van der Waals surface area contributed by atoms with Crippen LogP contribution in [0, 0.1) is 0 Å². The number of benzene rings is 1. The highest BCUT2D eigenvalue weighted by atomic mass is 32.2. The minimum absolute atomic E-state index is 0.0498. The Labute approximate surface area is 152 Å². The molecule has 140 valence electrons. The molecule has 0 aliphatic heterocycles. The summed E-state index contributed by atoms with van der Waals surface area (Å²) in [5, 5.41) is 2.55. The van der Waals surface area contributed by atoms with E-state index in [1.54, 1.807) is 36.0 Å². The third-order valence-electron chi connectivity index (χ3n) is 3.69. The van der Waals surface area contributed by atoms with Crippen molar-refractivity contribution >= 4 is 27.6 Å². The fraction of sp³-hybridized carbons (Fsp3) is 0.294. The van der Waals surface area contributed by atoms with Gasteiger partial charge in [-0.1, -0.05) is 6.07 Å². The summed E-state index contributed by atoms with van der Waals surface area (Å²) in [6.45, 7) is 1.44. The van der Waals surface area contributed by atoms with Crippen molar-refractivity contribution in [1.82, 2.24) is 8.87 Å². The van der Waals surface area contributed by atoms with E-state index in [4.69, 9.17) is 4.74 Å². The number of anilines is 1. The lowest BCUT2D eigenvalue weighted by Crippen LogP contribution is -2.30. The van der Waals surface area contributed by atoms with Gasteiger partial charge in [-0.05, 0) is 37.3 Å². The second-order valence-corrected chi connectivity index (χ2v) is 8.01. The molecular weight excluding hydrogens is 358 g/mol. The number of hydrogen-bond acceptors (Lipinski definition) is 5. The molecule has 8 nitrogen and oxygen atoms in total. The Bertz CT molecular complexity index is 918. The van der Waals surface area contributed by atoms with Crippen molar-refractivity contribution in [3.05, 3.63) is 48.3 Å². The first kappa shape index (κ1) is 19.7. The van der Waals surface area contributed by atoms with Crippen LogP contribution in [0.15, 0.2) is 47.5 Å². The number of aromatic nitrogens is 1. The monoisotopic (exact) mass is 379 g/mol. The summed E-state index contributed by atoms with van der Waals surface area (Å²) in [6.07, 6.45) is 0.643. The van der Waals surface area contributed by atoms with Crippen molar-refractivity contribution < 1.29 is 22.7 Å². The van der Waals surface area contributed by atoms with Crippen molar-refractivity contribution in [1.29, 1.82) is 0 Å². The second-order valence-electron chi connectivity index (χ2n) is 5.86. The predicted octanol–water partition coefficient (Wildman–Crippen LogP) is 1.46. The summed E-state index contributed by atoms with van der Waals surface area (Å²) >= 11 is 0. The summed E-state index contributed by atoms with van der Waals surface area (Å²) in [4.78, 5) is 24.3. The van der Waals surface area contributed by atoms with Gasteiger partial charge in [0, 0.05) is 33.0 Å². The highest BCUT2D eigenvalue weighted by Gasteiger charge is 2.22. The van der Waals surface area contributed by atoms with Gasteiger partial charge in [-0.25, -0.2) is 17.5 Å². The molecule has 0 saturated heterocycles. The van der Waals surface area contributed by atoms with Crippen molar-refractivity contribution in [3.63, 3.8) is 0 Å². The number of hydrogen-bond donors (Lipinski definition) is 1. The Kier molecular flexibility index (Phi) is 5.83. The van der Waals surface area contributed by atoms with Crippen molar-refractivity contribution in [2.45, 2.75) is 17.9 Å². The Morgan fingerprint density at radius 3 is 2.46 bits per heavy atom. The van der Waals surface area contributed by atoms with Gasteiger partial charge in [-0.3, -0.25) is 4.79 Å². The summed E-state index contributed by atoms with van der Waals surface area (Å²) in [5.41, 5.74) is 0.614. The zero-order chi connectivity index (χ0) is 19.5. The van der Waals surface area contributed by atoms with E-state index in [1.165, 1.54) is 39.2 Å². The standard InChI is InChI=1S/C17H21N3O5S/c1-12(25-17(22)15-9-6-10-20(15)4)16(21)18-13-7-5-8-14(11-13)26(23,24)19(2)3/h5-12H,1-4H3,(H,18,21)/t12-/m0/s1. The van der Waals surface area contributed by atoms with E-state index in [-0.39, 0.29) is 4.90 Å². The molecule has 1 heterocycles. The van der Waals surface area contributed by atoms with Gasteiger partial charge in [-0.2, -0.15) is 0 Å². The minimum Gasteiger partial charge on any atom is -0.448 e. The van der Waals surface area contributed by atoms with Crippen LogP contribution in [0.1, 0.15) is 17.4 Å². The molecule has 1 aromatic carbocycles. The molecule has 0 fully saturated rings. The van der Waals surface area contributed by atoms with Gasteiger partial charge in [0.25, 0.3) is 5.91 Å². The van der Waals surface area contributed by atoms with E-state index in [9.17, 15) is 18.0 Å². The van der Waals surface area contributed by atoms with E-state index in [1.807, 2.05) is 0 Å². The molecule has 1 amide bonds. The molecule has 1 N–H and O–H groups in total. The van der Waals surface area contributed by atoms with Crippen LogP contribution in [0.25, 0.3) is 0 Å². The number of nitrogens with zero attached hydrogens (tertiary/aromatic N) is 2. The summed E-state index contributed by atoms with van der Waals surface area (Å²) in [6, 6.07) is 9.13. The summed E-state index contributed by atoms with van der Waals surface area (Å²) in [7, 11) is 0.922. The van der Waals surface area contributed by atoms with Crippen LogP contribution >= 0.6 is 0 Å². The fourth-order valence-electron chi connectivity index (χ4n) is 2.14. The normalized spacial score (nSPS) is 12.7. The molecule has 1 atom stereocenters. The number of rotatable bonds is 6. The van der Waals surface area contributed by atoms with Gasteiger partial charge in [0.15, 0.2) is 6.10 Å². The van der Waals surface area contributed by atoms with E-state index < -0.39 is 28.0 Å². The molecule has 0 unspecified atom stereocenters. The maximum absolute atomic E-state index is 12.2. The maximum atomic E-state index is 12.2. The van der Waals surface area contributed by atoms with E-state index in [2.05, 4.69) is 5.32 Å². The molecule has 9 heteroatoms. The molecule has 0 radical (unpaired) electrons. The number of ether oxygens (including phenoxy) is 1. The van der Waals surface area contributed by atoms with Crippen molar-refractivity contribution in [3.8, 4) is 0 Å². The first-order valence-corrected chi connectivity index (χ1v) is 9.22. The SMILES string of the molecule is C[C@H](OC(=O)c1cccn1C)C(=O)Nc1cccc(S(=O)(=O)N(C)C)c1. The van der Waals surface area contributed by atoms with Gasteiger partial charge in [0.05, 0.1) is 4.90 Å². The van der Waals surface area contributed by atoms with Crippen LogP contribution < -0.4 is 5.32 Å². The Hall–Kier alpha value is -2.65. The largest absolute Gasteiger partial charge is 0.448 e. The smallest absolute Gasteiger partial charge is 0.355 e. The lowest BCUT2D eigenvalue weighted by Gasteiger charge is -2.15. The topological polar surface area (TPSA) is 97.7 Å². The molecular formula is C17H21N3O5S. The van der Waals surface area contributed by atoms with E-state index in [0.717, 1.165) is 4.31 Å². The molecule has 0 aliphatic carbocycles. The number of carbonyl (C=O) groups excluding carboxylic acids is 2. The summed E-state index contributed by atoms with van der Waals surface area (Å²) < 4.78 is 32.1. The Balaban J connectivity index is 2.08. The number of sulfonamides is 1. The van der Waals surface area contributed by atoms with E-state index in [0.29, 0.717) is 11.4 Å². The predicted molar refractivity (Wildman–Crippen MR) is 96.2 cm³/mol. The molecule has 26 heavy (non-hydrogen) atoms. The van der Waals surface area contributed by atoms with Gasteiger partial charge in [0.1, 0.15) is 5.69 Å². The molecule has 2 aromatic rings. The average Bonchev–Trinajstić information content (AvgIpc) is 3.01. The lowest BCUT2D eigenvalue weighted by molar-refractivity contribution is -0.123. The first-order valence-electron chi connectivity index (χ1n) is 7.78. The van der Waals surface area contributed by atoms with Crippen LogP contribution in [0.5, 0.6) is 0 Å². The zero-order valence-corrected chi connectivity index (χ0v) is 15.8. The molecule has 2 rings (SSSR count). The zero-order valence-electron chi connectivity index (χ0n) is 15.0. The molecule has 0 saturated carbocycles. The number of nitrogens with one attached hydrogen (secondary N) is 1. The van der Waals surface area contributed by atoms with Crippen LogP contribution in [0.4, 0.5) is 5.69 Å². The van der Waals surface area contributed by atoms with Crippen molar-refractivity contribution in [2.75, 3.05) is 19.4 Å². The van der Waals surface area contributed by atoms with Crippen LogP contribution in [-0.4, -0.2) is 49.4 Å². The number of amides is 1. The number of aryl methyl sites for hydroxylation is 1. The highest BCUT2D eigenvalue weighted by molar-refractivity contribution is 7.89.